The first-order chi connectivity index (χ1) is 13.7. The molecule has 8 nitrogen and oxygen atoms in total. The van der Waals surface area contributed by atoms with E-state index in [2.05, 4.69) is 15.5 Å². The van der Waals surface area contributed by atoms with Gasteiger partial charge in [-0.2, -0.15) is 9.29 Å². The molecule has 0 radical (unpaired) electrons. The van der Waals surface area contributed by atoms with Crippen LogP contribution in [-0.2, 0) is 15.6 Å². The number of nitrogens with one attached hydrogen (secondary N) is 1. The highest BCUT2D eigenvalue weighted by molar-refractivity contribution is 7.89. The van der Waals surface area contributed by atoms with Gasteiger partial charge in [0, 0.05) is 25.6 Å². The number of hydrogen-bond donors (Lipinski definition) is 1. The third-order valence-electron chi connectivity index (χ3n) is 5.28. The van der Waals surface area contributed by atoms with Gasteiger partial charge in [-0.15, -0.1) is 0 Å². The lowest BCUT2D eigenvalue weighted by Crippen LogP contribution is -2.44. The quantitative estimate of drug-likeness (QED) is 0.733. The van der Waals surface area contributed by atoms with Gasteiger partial charge >= 0.3 is 0 Å². The van der Waals surface area contributed by atoms with Gasteiger partial charge in [0.2, 0.25) is 15.9 Å². The number of nitrogens with zero attached hydrogens (tertiary/aromatic N) is 3. The van der Waals surface area contributed by atoms with Crippen molar-refractivity contribution in [3.05, 3.63) is 41.3 Å². The van der Waals surface area contributed by atoms with E-state index in [1.165, 1.54) is 6.07 Å². The summed E-state index contributed by atoms with van der Waals surface area (Å²) < 4.78 is 46.0. The van der Waals surface area contributed by atoms with Crippen LogP contribution in [0.1, 0.15) is 61.6 Å². The molecule has 1 amide bonds. The van der Waals surface area contributed by atoms with Crippen LogP contribution in [0.3, 0.4) is 0 Å². The second-order valence-electron chi connectivity index (χ2n) is 7.11. The second-order valence-corrected chi connectivity index (χ2v) is 9.02. The second kappa shape index (κ2) is 8.19. The number of rotatable bonds is 7. The number of amides is 1. The molecule has 2 aromatic rings. The zero-order chi connectivity index (χ0) is 21.2. The van der Waals surface area contributed by atoms with E-state index in [9.17, 15) is 17.6 Å². The molecule has 0 bridgehead atoms. The van der Waals surface area contributed by atoms with Gasteiger partial charge in [-0.25, -0.2) is 12.8 Å². The molecule has 158 valence electrons. The van der Waals surface area contributed by atoms with Crippen LogP contribution in [0.5, 0.6) is 0 Å². The summed E-state index contributed by atoms with van der Waals surface area (Å²) in [7, 11) is -4.04. The molecule has 1 fully saturated rings. The van der Waals surface area contributed by atoms with Gasteiger partial charge in [0.1, 0.15) is 16.3 Å². The van der Waals surface area contributed by atoms with Gasteiger partial charge in [-0.3, -0.25) is 4.79 Å². The van der Waals surface area contributed by atoms with E-state index >= 15 is 0 Å². The minimum atomic E-state index is -4.04. The molecular weight excluding hydrogens is 399 g/mol. The van der Waals surface area contributed by atoms with Crippen LogP contribution in [0.25, 0.3) is 0 Å². The molecular formula is C19H25FN4O4S. The van der Waals surface area contributed by atoms with Crippen molar-refractivity contribution in [2.45, 2.75) is 56.9 Å². The molecule has 1 aliphatic rings. The SMILES string of the molecule is CCN(CC)S(=O)(=O)c1cc(C(=O)NC2(c3noc(C)n3)CCCC2)ccc1F. The molecule has 0 aliphatic heterocycles. The first-order valence-corrected chi connectivity index (χ1v) is 11.1. The molecule has 10 heteroatoms. The fraction of sp³-hybridized carbons (Fsp3) is 0.526. The van der Waals surface area contributed by atoms with Crippen molar-refractivity contribution in [1.82, 2.24) is 19.8 Å². The number of aryl methyl sites for hydroxylation is 1. The van der Waals surface area contributed by atoms with Gasteiger partial charge in [0.05, 0.1) is 0 Å². The van der Waals surface area contributed by atoms with Gasteiger partial charge in [0.25, 0.3) is 5.91 Å². The van der Waals surface area contributed by atoms with Crippen molar-refractivity contribution in [2.75, 3.05) is 13.1 Å². The van der Waals surface area contributed by atoms with Crippen molar-refractivity contribution >= 4 is 15.9 Å². The third kappa shape index (κ3) is 4.04. The number of halogens is 1. The van der Waals surface area contributed by atoms with Gasteiger partial charge in [-0.05, 0) is 31.0 Å². The fourth-order valence-corrected chi connectivity index (χ4v) is 5.26. The fourth-order valence-electron chi connectivity index (χ4n) is 3.71. The topological polar surface area (TPSA) is 105 Å². The molecule has 0 atom stereocenters. The number of aromatic nitrogens is 2. The average molecular weight is 424 g/mol. The maximum Gasteiger partial charge on any atom is 0.252 e. The van der Waals surface area contributed by atoms with E-state index in [-0.39, 0.29) is 18.7 Å². The Morgan fingerprint density at radius 1 is 1.28 bits per heavy atom. The van der Waals surface area contributed by atoms with Crippen LogP contribution in [0.2, 0.25) is 0 Å². The van der Waals surface area contributed by atoms with Gasteiger partial charge in [0.15, 0.2) is 5.82 Å². The summed E-state index contributed by atoms with van der Waals surface area (Å²) in [4.78, 5) is 16.7. The Bertz CT molecular complexity index is 995. The van der Waals surface area contributed by atoms with E-state index in [1.807, 2.05) is 0 Å². The summed E-state index contributed by atoms with van der Waals surface area (Å²) in [6.45, 7) is 5.42. The molecule has 1 heterocycles. The van der Waals surface area contributed by atoms with E-state index in [0.29, 0.717) is 24.6 Å². The summed E-state index contributed by atoms with van der Waals surface area (Å²) in [5.41, 5.74) is -0.718. The highest BCUT2D eigenvalue weighted by atomic mass is 32.2. The van der Waals surface area contributed by atoms with Gasteiger partial charge in [-0.1, -0.05) is 31.8 Å². The lowest BCUT2D eigenvalue weighted by Gasteiger charge is -2.27. The molecule has 3 rings (SSSR count). The van der Waals surface area contributed by atoms with E-state index in [4.69, 9.17) is 4.52 Å². The lowest BCUT2D eigenvalue weighted by molar-refractivity contribution is 0.0891. The minimum Gasteiger partial charge on any atom is -0.340 e. The minimum absolute atomic E-state index is 0.0589. The van der Waals surface area contributed by atoms with Crippen LogP contribution in [0.15, 0.2) is 27.6 Å². The Hall–Kier alpha value is -2.33. The summed E-state index contributed by atoms with van der Waals surface area (Å²) >= 11 is 0. The molecule has 1 aromatic carbocycles. The van der Waals surface area contributed by atoms with E-state index in [0.717, 1.165) is 29.3 Å². The maximum absolute atomic E-state index is 14.3. The molecule has 0 spiro atoms. The van der Waals surface area contributed by atoms with E-state index < -0.39 is 32.2 Å². The van der Waals surface area contributed by atoms with Crippen molar-refractivity contribution in [3.8, 4) is 0 Å². The zero-order valence-corrected chi connectivity index (χ0v) is 17.6. The molecule has 0 unspecified atom stereocenters. The Labute approximate surface area is 169 Å². The third-order valence-corrected chi connectivity index (χ3v) is 7.35. The first-order valence-electron chi connectivity index (χ1n) is 9.66. The average Bonchev–Trinajstić information content (AvgIpc) is 3.32. The van der Waals surface area contributed by atoms with Crippen LogP contribution in [0, 0.1) is 12.7 Å². The van der Waals surface area contributed by atoms with Crippen LogP contribution in [0.4, 0.5) is 4.39 Å². The number of benzene rings is 1. The molecule has 1 aliphatic carbocycles. The van der Waals surface area contributed by atoms with Crippen molar-refractivity contribution in [2.24, 2.45) is 0 Å². The van der Waals surface area contributed by atoms with Crippen molar-refractivity contribution in [1.29, 1.82) is 0 Å². The molecule has 0 saturated heterocycles. The molecule has 1 saturated carbocycles. The number of carbonyl (C=O) groups is 1. The summed E-state index contributed by atoms with van der Waals surface area (Å²) in [6.07, 6.45) is 3.06. The Morgan fingerprint density at radius 3 is 2.48 bits per heavy atom. The highest BCUT2D eigenvalue weighted by Crippen LogP contribution is 2.37. The Morgan fingerprint density at radius 2 is 1.93 bits per heavy atom. The van der Waals surface area contributed by atoms with Crippen LogP contribution in [-0.4, -0.2) is 41.9 Å². The lowest BCUT2D eigenvalue weighted by atomic mass is 9.96. The number of carbonyl (C=O) groups excluding carboxylic acids is 1. The predicted octanol–water partition coefficient (Wildman–Crippen LogP) is 2.75. The van der Waals surface area contributed by atoms with Crippen LogP contribution < -0.4 is 5.32 Å². The summed E-state index contributed by atoms with van der Waals surface area (Å²) in [5.74, 6) is -0.600. The van der Waals surface area contributed by atoms with Crippen LogP contribution >= 0.6 is 0 Å². The zero-order valence-electron chi connectivity index (χ0n) is 16.7. The molecule has 1 N–H and O–H groups in total. The predicted molar refractivity (Wildman–Crippen MR) is 103 cm³/mol. The molecule has 1 aromatic heterocycles. The highest BCUT2D eigenvalue weighted by Gasteiger charge is 2.41. The smallest absolute Gasteiger partial charge is 0.252 e. The van der Waals surface area contributed by atoms with Crippen molar-refractivity contribution < 1.29 is 22.1 Å². The normalized spacial score (nSPS) is 16.3. The summed E-state index contributed by atoms with van der Waals surface area (Å²) in [5, 5.41) is 6.91. The van der Waals surface area contributed by atoms with Crippen molar-refractivity contribution in [3.63, 3.8) is 0 Å². The monoisotopic (exact) mass is 424 g/mol. The number of sulfonamides is 1. The number of hydrogen-bond acceptors (Lipinski definition) is 6. The maximum atomic E-state index is 14.3. The van der Waals surface area contributed by atoms with Gasteiger partial charge < -0.3 is 9.84 Å². The summed E-state index contributed by atoms with van der Waals surface area (Å²) in [6, 6.07) is 3.36. The largest absolute Gasteiger partial charge is 0.340 e. The molecule has 29 heavy (non-hydrogen) atoms. The standard InChI is InChI=1S/C19H25FN4O4S/c1-4-24(5-2)29(26,27)16-12-14(8-9-15(16)20)17(25)22-19(10-6-7-11-19)18-21-13(3)28-23-18/h8-9,12H,4-7,10-11H2,1-3H3,(H,22,25). The first kappa shape index (κ1) is 21.4. The Balaban J connectivity index is 1.94. The van der Waals surface area contributed by atoms with E-state index in [1.54, 1.807) is 20.8 Å². The Kier molecular flexibility index (Phi) is 6.04.